The van der Waals surface area contributed by atoms with Crippen LogP contribution in [0.5, 0.6) is 0 Å². The number of nitrogens with zero attached hydrogens (tertiary/aromatic N) is 4. The van der Waals surface area contributed by atoms with Gasteiger partial charge in [-0.1, -0.05) is 0 Å². The Kier molecular flexibility index (Phi) is 2.73. The number of aryl methyl sites for hydroxylation is 1. The molecule has 0 aliphatic rings. The zero-order chi connectivity index (χ0) is 10.7. The molecule has 0 bridgehead atoms. The Hall–Kier alpha value is -1.75. The first-order valence-corrected chi connectivity index (χ1v) is 4.74. The van der Waals surface area contributed by atoms with Gasteiger partial charge in [-0.15, -0.1) is 0 Å². The van der Waals surface area contributed by atoms with Crippen LogP contribution in [0.25, 0.3) is 0 Å². The van der Waals surface area contributed by atoms with E-state index in [4.69, 9.17) is 0 Å². The molecule has 5 heteroatoms. The van der Waals surface area contributed by atoms with Gasteiger partial charge in [0.05, 0.1) is 17.4 Å². The number of aromatic nitrogens is 4. The third-order valence-electron chi connectivity index (χ3n) is 2.34. The molecule has 78 valence electrons. The molecule has 0 saturated carbocycles. The standard InChI is InChI=1S/C10H13N5/c1-11-10(8-3-5-12-7-13-8)9-4-6-14-15(9)2/h3-7,10-11H,1-2H3. The number of hydrogen-bond donors (Lipinski definition) is 1. The molecule has 0 fully saturated rings. The molecular formula is C10H13N5. The predicted molar refractivity (Wildman–Crippen MR) is 56.1 cm³/mol. The summed E-state index contributed by atoms with van der Waals surface area (Å²) in [7, 11) is 3.82. The fourth-order valence-electron chi connectivity index (χ4n) is 1.59. The Morgan fingerprint density at radius 1 is 1.33 bits per heavy atom. The largest absolute Gasteiger partial charge is 0.307 e. The second-order valence-electron chi connectivity index (χ2n) is 3.24. The van der Waals surface area contributed by atoms with Crippen LogP contribution in [0.4, 0.5) is 0 Å². The van der Waals surface area contributed by atoms with Gasteiger partial charge in [0, 0.05) is 19.4 Å². The van der Waals surface area contributed by atoms with Crippen LogP contribution in [0, 0.1) is 0 Å². The first kappa shape index (κ1) is 9.79. The lowest BCUT2D eigenvalue weighted by Gasteiger charge is -2.15. The molecule has 2 heterocycles. The SMILES string of the molecule is CNC(c1ccncn1)c1ccnn1C. The van der Waals surface area contributed by atoms with Gasteiger partial charge in [0.15, 0.2) is 0 Å². The van der Waals surface area contributed by atoms with E-state index in [2.05, 4.69) is 20.4 Å². The van der Waals surface area contributed by atoms with Crippen molar-refractivity contribution in [3.05, 3.63) is 42.2 Å². The van der Waals surface area contributed by atoms with Gasteiger partial charge in [-0.2, -0.15) is 5.10 Å². The molecule has 0 radical (unpaired) electrons. The highest BCUT2D eigenvalue weighted by molar-refractivity contribution is 5.19. The molecule has 1 unspecified atom stereocenters. The average molecular weight is 203 g/mol. The van der Waals surface area contributed by atoms with Crippen molar-refractivity contribution in [1.29, 1.82) is 0 Å². The Balaban J connectivity index is 2.37. The molecule has 0 spiro atoms. The summed E-state index contributed by atoms with van der Waals surface area (Å²) in [5.74, 6) is 0. The Morgan fingerprint density at radius 2 is 2.20 bits per heavy atom. The molecule has 1 N–H and O–H groups in total. The smallest absolute Gasteiger partial charge is 0.115 e. The average Bonchev–Trinajstić information content (AvgIpc) is 2.68. The van der Waals surface area contributed by atoms with Crippen LogP contribution in [0.15, 0.2) is 30.9 Å². The summed E-state index contributed by atoms with van der Waals surface area (Å²) in [5, 5.41) is 7.35. The fourth-order valence-corrected chi connectivity index (χ4v) is 1.59. The third-order valence-corrected chi connectivity index (χ3v) is 2.34. The van der Waals surface area contributed by atoms with Crippen LogP contribution < -0.4 is 5.32 Å². The minimum Gasteiger partial charge on any atom is -0.307 e. The summed E-state index contributed by atoms with van der Waals surface area (Å²) in [4.78, 5) is 8.14. The van der Waals surface area contributed by atoms with Crippen molar-refractivity contribution in [2.24, 2.45) is 7.05 Å². The van der Waals surface area contributed by atoms with Crippen molar-refractivity contribution in [3.8, 4) is 0 Å². The van der Waals surface area contributed by atoms with Gasteiger partial charge in [0.2, 0.25) is 0 Å². The van der Waals surface area contributed by atoms with Gasteiger partial charge in [-0.25, -0.2) is 9.97 Å². The van der Waals surface area contributed by atoms with Crippen LogP contribution in [0.3, 0.4) is 0 Å². The van der Waals surface area contributed by atoms with E-state index < -0.39 is 0 Å². The number of hydrogen-bond acceptors (Lipinski definition) is 4. The molecule has 0 aliphatic heterocycles. The topological polar surface area (TPSA) is 55.6 Å². The Morgan fingerprint density at radius 3 is 2.73 bits per heavy atom. The van der Waals surface area contributed by atoms with Crippen molar-refractivity contribution < 1.29 is 0 Å². The van der Waals surface area contributed by atoms with E-state index in [0.717, 1.165) is 11.4 Å². The highest BCUT2D eigenvalue weighted by atomic mass is 15.3. The van der Waals surface area contributed by atoms with Crippen LogP contribution in [-0.4, -0.2) is 26.8 Å². The summed E-state index contributed by atoms with van der Waals surface area (Å²) in [6.45, 7) is 0. The van der Waals surface area contributed by atoms with E-state index in [0.29, 0.717) is 0 Å². The second-order valence-corrected chi connectivity index (χ2v) is 3.24. The van der Waals surface area contributed by atoms with E-state index in [-0.39, 0.29) is 6.04 Å². The maximum atomic E-state index is 4.23. The molecule has 0 amide bonds. The van der Waals surface area contributed by atoms with E-state index in [1.807, 2.05) is 30.9 Å². The molecule has 0 saturated heterocycles. The first-order valence-electron chi connectivity index (χ1n) is 4.74. The van der Waals surface area contributed by atoms with Gasteiger partial charge in [0.1, 0.15) is 6.33 Å². The van der Waals surface area contributed by atoms with Crippen molar-refractivity contribution in [2.45, 2.75) is 6.04 Å². The summed E-state index contributed by atoms with van der Waals surface area (Å²) in [6, 6.07) is 3.93. The van der Waals surface area contributed by atoms with Crippen LogP contribution in [0.1, 0.15) is 17.4 Å². The highest BCUT2D eigenvalue weighted by Gasteiger charge is 2.15. The maximum absolute atomic E-state index is 4.23. The zero-order valence-electron chi connectivity index (χ0n) is 8.75. The van der Waals surface area contributed by atoms with Crippen LogP contribution >= 0.6 is 0 Å². The molecule has 5 nitrogen and oxygen atoms in total. The lowest BCUT2D eigenvalue weighted by molar-refractivity contribution is 0.593. The number of rotatable bonds is 3. The Labute approximate surface area is 88.2 Å². The van der Waals surface area contributed by atoms with Gasteiger partial charge in [-0.3, -0.25) is 4.68 Å². The van der Waals surface area contributed by atoms with E-state index in [9.17, 15) is 0 Å². The van der Waals surface area contributed by atoms with Crippen molar-refractivity contribution in [3.63, 3.8) is 0 Å². The number of nitrogens with one attached hydrogen (secondary N) is 1. The molecule has 15 heavy (non-hydrogen) atoms. The maximum Gasteiger partial charge on any atom is 0.115 e. The quantitative estimate of drug-likeness (QED) is 0.790. The minimum atomic E-state index is 0.0560. The third kappa shape index (κ3) is 1.87. The summed E-state index contributed by atoms with van der Waals surface area (Å²) < 4.78 is 1.84. The molecule has 2 aromatic heterocycles. The zero-order valence-corrected chi connectivity index (χ0v) is 8.75. The summed E-state index contributed by atoms with van der Waals surface area (Å²) in [5.41, 5.74) is 2.02. The second kappa shape index (κ2) is 4.18. The summed E-state index contributed by atoms with van der Waals surface area (Å²) in [6.07, 6.45) is 5.07. The van der Waals surface area contributed by atoms with Gasteiger partial charge in [0.25, 0.3) is 0 Å². The molecule has 1 atom stereocenters. The van der Waals surface area contributed by atoms with Gasteiger partial charge < -0.3 is 5.32 Å². The van der Waals surface area contributed by atoms with Crippen LogP contribution in [0.2, 0.25) is 0 Å². The van der Waals surface area contributed by atoms with E-state index >= 15 is 0 Å². The molecule has 2 aromatic rings. The van der Waals surface area contributed by atoms with Crippen molar-refractivity contribution in [1.82, 2.24) is 25.1 Å². The normalized spacial score (nSPS) is 12.7. The predicted octanol–water partition coefficient (Wildman–Crippen LogP) is 0.519. The highest BCUT2D eigenvalue weighted by Crippen LogP contribution is 2.17. The van der Waals surface area contributed by atoms with Crippen LogP contribution in [-0.2, 0) is 7.05 Å². The van der Waals surface area contributed by atoms with Gasteiger partial charge in [-0.05, 0) is 19.2 Å². The molecule has 0 aromatic carbocycles. The fraction of sp³-hybridized carbons (Fsp3) is 0.300. The molecule has 2 rings (SSSR count). The lowest BCUT2D eigenvalue weighted by atomic mass is 10.1. The van der Waals surface area contributed by atoms with E-state index in [1.54, 1.807) is 18.7 Å². The first-order chi connectivity index (χ1) is 7.33. The lowest BCUT2D eigenvalue weighted by Crippen LogP contribution is -2.21. The van der Waals surface area contributed by atoms with Gasteiger partial charge >= 0.3 is 0 Å². The Bertz CT molecular complexity index is 422. The van der Waals surface area contributed by atoms with E-state index in [1.165, 1.54) is 0 Å². The summed E-state index contributed by atoms with van der Waals surface area (Å²) >= 11 is 0. The molecular weight excluding hydrogens is 190 g/mol. The van der Waals surface area contributed by atoms with Crippen molar-refractivity contribution in [2.75, 3.05) is 7.05 Å². The monoisotopic (exact) mass is 203 g/mol. The molecule has 0 aliphatic carbocycles. The van der Waals surface area contributed by atoms with Crippen molar-refractivity contribution >= 4 is 0 Å². The minimum absolute atomic E-state index is 0.0560.